The first-order chi connectivity index (χ1) is 17.4. The Labute approximate surface area is 209 Å². The number of carbonyl (C=O) groups is 1. The number of hydrogen-bond donors (Lipinski definition) is 1. The predicted octanol–water partition coefficient (Wildman–Crippen LogP) is 3.39. The average Bonchev–Trinajstić information content (AvgIpc) is 3.51. The maximum atomic E-state index is 13.8. The van der Waals surface area contributed by atoms with E-state index in [1.807, 2.05) is 19.1 Å². The van der Waals surface area contributed by atoms with Crippen LogP contribution in [0.15, 0.2) is 66.6 Å². The Bertz CT molecular complexity index is 1470. The Hall–Kier alpha value is -3.73. The summed E-state index contributed by atoms with van der Waals surface area (Å²) in [7, 11) is -3.36. The van der Waals surface area contributed by atoms with E-state index in [2.05, 4.69) is 15.2 Å². The predicted molar refractivity (Wildman–Crippen MR) is 134 cm³/mol. The van der Waals surface area contributed by atoms with Crippen LogP contribution in [0.2, 0.25) is 0 Å². The molecule has 3 aromatic rings. The highest BCUT2D eigenvalue weighted by Crippen LogP contribution is 2.35. The van der Waals surface area contributed by atoms with Crippen molar-refractivity contribution in [3.8, 4) is 0 Å². The number of hydrogen-bond acceptors (Lipinski definition) is 6. The fourth-order valence-corrected chi connectivity index (χ4v) is 5.92. The van der Waals surface area contributed by atoms with E-state index in [-0.39, 0.29) is 29.9 Å². The number of amides is 1. The third-order valence-corrected chi connectivity index (χ3v) is 8.26. The molecule has 1 amide bonds. The van der Waals surface area contributed by atoms with Crippen molar-refractivity contribution in [2.24, 2.45) is 0 Å². The lowest BCUT2D eigenvalue weighted by Gasteiger charge is -2.26. The number of anilines is 1. The molecule has 11 heteroatoms. The molecule has 5 rings (SSSR count). The Morgan fingerprint density at radius 2 is 2.11 bits per heavy atom. The molecule has 0 radical (unpaired) electrons. The summed E-state index contributed by atoms with van der Waals surface area (Å²) < 4.78 is 41.1. The Kier molecular flexibility index (Phi) is 6.48. The van der Waals surface area contributed by atoms with Gasteiger partial charge in [-0.1, -0.05) is 19.1 Å². The summed E-state index contributed by atoms with van der Waals surface area (Å²) >= 11 is 0. The van der Waals surface area contributed by atoms with E-state index in [9.17, 15) is 17.6 Å². The minimum atomic E-state index is -3.36. The zero-order chi connectivity index (χ0) is 25.3. The summed E-state index contributed by atoms with van der Waals surface area (Å²) in [6, 6.07) is 10.3. The lowest BCUT2D eigenvalue weighted by Crippen LogP contribution is -2.32. The second-order valence-electron chi connectivity index (χ2n) is 8.83. The number of benzene rings is 1. The second-order valence-corrected chi connectivity index (χ2v) is 10.9. The first kappa shape index (κ1) is 24.0. The van der Waals surface area contributed by atoms with Crippen molar-refractivity contribution in [3.05, 3.63) is 83.7 Å². The molecule has 1 atom stereocenters. The van der Waals surface area contributed by atoms with E-state index in [0.29, 0.717) is 23.6 Å². The first-order valence-electron chi connectivity index (χ1n) is 11.9. The molecule has 1 saturated heterocycles. The number of imidazole rings is 1. The van der Waals surface area contributed by atoms with Crippen molar-refractivity contribution in [1.29, 1.82) is 0 Å². The topological polar surface area (TPSA) is 99.9 Å². The summed E-state index contributed by atoms with van der Waals surface area (Å²) in [4.78, 5) is 19.5. The van der Waals surface area contributed by atoms with Gasteiger partial charge in [-0.3, -0.25) is 9.10 Å². The van der Waals surface area contributed by atoms with Crippen LogP contribution in [0.25, 0.3) is 5.65 Å². The van der Waals surface area contributed by atoms with Crippen LogP contribution in [-0.4, -0.2) is 52.1 Å². The minimum absolute atomic E-state index is 0.00378. The van der Waals surface area contributed by atoms with Crippen molar-refractivity contribution >= 4 is 27.4 Å². The van der Waals surface area contributed by atoms with Gasteiger partial charge in [-0.15, -0.1) is 5.10 Å². The number of rotatable bonds is 7. The zero-order valence-electron chi connectivity index (χ0n) is 19.8. The maximum absolute atomic E-state index is 13.8. The Morgan fingerprint density at radius 3 is 2.86 bits per heavy atom. The maximum Gasteiger partial charge on any atom is 0.276 e. The van der Waals surface area contributed by atoms with Gasteiger partial charge >= 0.3 is 0 Å². The van der Waals surface area contributed by atoms with Gasteiger partial charge in [-0.25, -0.2) is 22.3 Å². The van der Waals surface area contributed by atoms with E-state index in [1.165, 1.54) is 27.3 Å². The van der Waals surface area contributed by atoms with Crippen LogP contribution in [0.3, 0.4) is 0 Å². The van der Waals surface area contributed by atoms with Crippen molar-refractivity contribution in [3.63, 3.8) is 0 Å². The zero-order valence-corrected chi connectivity index (χ0v) is 20.7. The molecule has 0 aliphatic carbocycles. The van der Waals surface area contributed by atoms with Gasteiger partial charge in [0.25, 0.3) is 5.91 Å². The molecule has 1 fully saturated rings. The van der Waals surface area contributed by atoms with Gasteiger partial charge in [0.15, 0.2) is 11.3 Å². The number of nitrogens with one attached hydrogen (secondary N) is 1. The van der Waals surface area contributed by atoms with E-state index < -0.39 is 15.9 Å². The third kappa shape index (κ3) is 4.70. The van der Waals surface area contributed by atoms with Crippen LogP contribution in [0.1, 0.15) is 48.3 Å². The largest absolute Gasteiger partial charge is 0.348 e. The number of halogens is 1. The summed E-state index contributed by atoms with van der Waals surface area (Å²) in [5.74, 6) is 0.0686. The normalized spacial score (nSPS) is 18.1. The van der Waals surface area contributed by atoms with Gasteiger partial charge < -0.3 is 10.2 Å². The lowest BCUT2D eigenvalue weighted by atomic mass is 10.0. The highest BCUT2D eigenvalue weighted by molar-refractivity contribution is 7.89. The van der Waals surface area contributed by atoms with Crippen LogP contribution < -0.4 is 10.2 Å². The van der Waals surface area contributed by atoms with Crippen molar-refractivity contribution in [2.75, 3.05) is 23.7 Å². The number of sulfonamides is 1. The molecule has 9 nitrogen and oxygen atoms in total. The number of nitrogens with zero attached hydrogens (tertiary/aromatic N) is 5. The molecule has 36 heavy (non-hydrogen) atoms. The Morgan fingerprint density at radius 1 is 1.25 bits per heavy atom. The highest BCUT2D eigenvalue weighted by Gasteiger charge is 2.28. The molecule has 1 aromatic carbocycles. The Balaban J connectivity index is 1.35. The van der Waals surface area contributed by atoms with Gasteiger partial charge in [0.05, 0.1) is 24.5 Å². The van der Waals surface area contributed by atoms with Crippen LogP contribution in [0.4, 0.5) is 10.2 Å². The van der Waals surface area contributed by atoms with Crippen molar-refractivity contribution < 1.29 is 17.6 Å². The van der Waals surface area contributed by atoms with Crippen molar-refractivity contribution in [1.82, 2.24) is 24.2 Å². The van der Waals surface area contributed by atoms with Crippen LogP contribution >= 0.6 is 0 Å². The van der Waals surface area contributed by atoms with Crippen LogP contribution in [-0.2, 0) is 10.0 Å². The van der Waals surface area contributed by atoms with Gasteiger partial charge in [0.1, 0.15) is 11.6 Å². The van der Waals surface area contributed by atoms with Gasteiger partial charge in [-0.05, 0) is 61.2 Å². The molecule has 2 aliphatic rings. The van der Waals surface area contributed by atoms with Gasteiger partial charge in [-0.2, -0.15) is 0 Å². The summed E-state index contributed by atoms with van der Waals surface area (Å²) in [5.41, 5.74) is 2.17. The molecule has 2 aliphatic heterocycles. The molecule has 4 heterocycles. The fourth-order valence-electron chi connectivity index (χ4n) is 4.62. The van der Waals surface area contributed by atoms with E-state index in [1.54, 1.807) is 30.4 Å². The number of aromatic nitrogens is 3. The molecule has 0 spiro atoms. The van der Waals surface area contributed by atoms with Crippen LogP contribution in [0, 0.1) is 5.82 Å². The van der Waals surface area contributed by atoms with E-state index in [4.69, 9.17) is 5.10 Å². The number of fused-ring (bicyclic) bond motifs is 1. The van der Waals surface area contributed by atoms with Gasteiger partial charge in [0, 0.05) is 18.4 Å². The summed E-state index contributed by atoms with van der Waals surface area (Å²) in [6.45, 7) is 2.73. The lowest BCUT2D eigenvalue weighted by molar-refractivity contribution is 0.0960. The molecule has 0 bridgehead atoms. The smallest absolute Gasteiger partial charge is 0.276 e. The monoisotopic (exact) mass is 510 g/mol. The second kappa shape index (κ2) is 9.73. The third-order valence-electron chi connectivity index (χ3n) is 6.35. The standard InChI is InChI=1S/C25H27FN6O3S/c1-2-15-36(34,35)30-13-10-20(11-14-30)28-25(33)22-17-27-23-8-9-24(29-32(22)23)31-12-4-7-21(31)18-5-3-6-19(26)16-18/h3,5-6,8-11,13,16-17,21H,2,4,7,12,14-15H2,1H3,(H,28,33)/t21-/m1/s1. The molecular weight excluding hydrogens is 483 g/mol. The molecule has 1 N–H and O–H groups in total. The summed E-state index contributed by atoms with van der Waals surface area (Å²) in [5, 5.41) is 7.50. The average molecular weight is 511 g/mol. The highest BCUT2D eigenvalue weighted by atomic mass is 32.2. The summed E-state index contributed by atoms with van der Waals surface area (Å²) in [6.07, 6.45) is 8.50. The molecule has 0 unspecified atom stereocenters. The molecule has 188 valence electrons. The fraction of sp³-hybridized carbons (Fsp3) is 0.320. The van der Waals surface area contributed by atoms with Crippen LogP contribution in [0.5, 0.6) is 0 Å². The minimum Gasteiger partial charge on any atom is -0.348 e. The molecule has 0 saturated carbocycles. The molecule has 2 aromatic heterocycles. The quantitative estimate of drug-likeness (QED) is 0.523. The van der Waals surface area contributed by atoms with E-state index >= 15 is 0 Å². The van der Waals surface area contributed by atoms with E-state index in [0.717, 1.165) is 24.9 Å². The first-order valence-corrected chi connectivity index (χ1v) is 13.5. The SMILES string of the molecule is CCCS(=O)(=O)N1C=CC(NC(=O)c2cnc3ccc(N4CCC[C@@H]4c4cccc(F)c4)nn23)=CC1. The number of carbonyl (C=O) groups excluding carboxylic acids is 1. The number of allylic oxidation sites excluding steroid dienone is 1. The van der Waals surface area contributed by atoms with Gasteiger partial charge in [0.2, 0.25) is 10.0 Å². The van der Waals surface area contributed by atoms with Crippen molar-refractivity contribution in [2.45, 2.75) is 32.2 Å². The molecular formula is C25H27FN6O3S.